The van der Waals surface area contributed by atoms with Gasteiger partial charge in [-0.25, -0.2) is 0 Å². The average molecular weight is 415 g/mol. The molecule has 0 saturated carbocycles. The van der Waals surface area contributed by atoms with Crippen molar-refractivity contribution in [2.24, 2.45) is 0 Å². The van der Waals surface area contributed by atoms with Gasteiger partial charge in [0.1, 0.15) is 0 Å². The molecule has 1 amide bonds. The molecule has 0 radical (unpaired) electrons. The Balaban J connectivity index is 1.22. The zero-order valence-electron chi connectivity index (χ0n) is 17.3. The Hall–Kier alpha value is -3.23. The molecule has 31 heavy (non-hydrogen) atoms. The van der Waals surface area contributed by atoms with E-state index in [9.17, 15) is 4.79 Å². The molecule has 2 fully saturated rings. The zero-order chi connectivity index (χ0) is 21.6. The summed E-state index contributed by atoms with van der Waals surface area (Å²) in [5, 5.41) is 20.8. The topological polar surface area (TPSA) is 92.4 Å². The number of fused-ring (bicyclic) bond motifs is 2. The summed E-state index contributed by atoms with van der Waals surface area (Å²) in [6, 6.07) is 18.6. The quantitative estimate of drug-likeness (QED) is 0.773. The van der Waals surface area contributed by atoms with Gasteiger partial charge in [-0.15, -0.1) is 0 Å². The summed E-state index contributed by atoms with van der Waals surface area (Å²) in [7, 11) is 0. The molecule has 2 aromatic rings. The number of carbonyl (C=O) groups excluding carboxylic acids is 1. The normalized spacial score (nSPS) is 21.1. The van der Waals surface area contributed by atoms with Crippen molar-refractivity contribution in [3.63, 3.8) is 0 Å². The lowest BCUT2D eigenvalue weighted by molar-refractivity contribution is -0.139. The smallest absolute Gasteiger partial charge is 0.251 e. The molecule has 0 aromatic heterocycles. The molecule has 7 heteroatoms. The molecular formula is C24H25N5O2. The van der Waals surface area contributed by atoms with Crippen molar-refractivity contribution in [2.75, 3.05) is 39.3 Å². The summed E-state index contributed by atoms with van der Waals surface area (Å²) in [5.41, 5.74) is 3.01. The first kappa shape index (κ1) is 21.0. The van der Waals surface area contributed by atoms with Gasteiger partial charge in [0.2, 0.25) is 0 Å². The largest absolute Gasteiger partial charge is 0.370 e. The van der Waals surface area contributed by atoms with Crippen molar-refractivity contribution < 1.29 is 9.53 Å². The van der Waals surface area contributed by atoms with Crippen molar-refractivity contribution >= 4 is 5.91 Å². The molecule has 2 unspecified atom stereocenters. The zero-order valence-corrected chi connectivity index (χ0v) is 17.3. The predicted octanol–water partition coefficient (Wildman–Crippen LogP) is 1.74. The molecule has 2 heterocycles. The molecule has 1 N–H and O–H groups in total. The van der Waals surface area contributed by atoms with Gasteiger partial charge in [-0.3, -0.25) is 14.6 Å². The number of hydrogen-bond donors (Lipinski definition) is 1. The van der Waals surface area contributed by atoms with Crippen LogP contribution in [0.3, 0.4) is 0 Å². The summed E-state index contributed by atoms with van der Waals surface area (Å²) in [6.07, 6.45) is 0.334. The maximum Gasteiger partial charge on any atom is 0.251 e. The average Bonchev–Trinajstić information content (AvgIpc) is 2.79. The van der Waals surface area contributed by atoms with Crippen LogP contribution < -0.4 is 5.32 Å². The number of benzene rings is 2. The molecule has 2 bridgehead atoms. The van der Waals surface area contributed by atoms with E-state index in [1.807, 2.05) is 24.3 Å². The van der Waals surface area contributed by atoms with Gasteiger partial charge >= 0.3 is 0 Å². The molecule has 0 aliphatic carbocycles. The highest BCUT2D eigenvalue weighted by molar-refractivity contribution is 5.94. The molecule has 2 atom stereocenters. The van der Waals surface area contributed by atoms with Crippen molar-refractivity contribution in [1.82, 2.24) is 15.1 Å². The number of amides is 1. The fraction of sp³-hybridized carbons (Fsp3) is 0.375. The minimum Gasteiger partial charge on any atom is -0.370 e. The number of hydrogen-bond acceptors (Lipinski definition) is 6. The first-order chi connectivity index (χ1) is 15.1. The number of nitrogens with one attached hydrogen (secondary N) is 1. The SMILES string of the molecule is N#Cc1ccc(CN2CC3CN(CCNC(=O)c4ccc(C#N)cc4)CC(C2)O3)cc1. The Labute approximate surface area is 182 Å². The van der Waals surface area contributed by atoms with Crippen molar-refractivity contribution in [3.8, 4) is 12.1 Å². The molecule has 7 nitrogen and oxygen atoms in total. The summed E-state index contributed by atoms with van der Waals surface area (Å²) < 4.78 is 6.14. The fourth-order valence-electron chi connectivity index (χ4n) is 4.24. The second kappa shape index (κ2) is 9.72. The molecule has 2 aliphatic heterocycles. The number of carbonyl (C=O) groups is 1. The third-order valence-electron chi connectivity index (χ3n) is 5.71. The first-order valence-electron chi connectivity index (χ1n) is 10.5. The van der Waals surface area contributed by atoms with Crippen molar-refractivity contribution in [2.45, 2.75) is 18.8 Å². The molecule has 4 rings (SSSR count). The van der Waals surface area contributed by atoms with Crippen LogP contribution >= 0.6 is 0 Å². The van der Waals surface area contributed by atoms with Gasteiger partial charge in [0.25, 0.3) is 5.91 Å². The molecule has 2 aliphatic rings. The lowest BCUT2D eigenvalue weighted by Gasteiger charge is -2.46. The maximum atomic E-state index is 12.3. The van der Waals surface area contributed by atoms with Gasteiger partial charge in [-0.05, 0) is 42.0 Å². The number of morpholine rings is 2. The summed E-state index contributed by atoms with van der Waals surface area (Å²) in [4.78, 5) is 17.1. The number of rotatable bonds is 6. The summed E-state index contributed by atoms with van der Waals surface area (Å²) in [5.74, 6) is -0.119. The van der Waals surface area contributed by atoms with Crippen LogP contribution in [0.5, 0.6) is 0 Å². The molecule has 2 saturated heterocycles. The van der Waals surface area contributed by atoms with Crippen molar-refractivity contribution in [1.29, 1.82) is 10.5 Å². The Morgan fingerprint density at radius 2 is 1.45 bits per heavy atom. The van der Waals surface area contributed by atoms with E-state index in [1.165, 1.54) is 5.56 Å². The highest BCUT2D eigenvalue weighted by Gasteiger charge is 2.34. The van der Waals surface area contributed by atoms with E-state index in [0.29, 0.717) is 23.2 Å². The second-order valence-corrected chi connectivity index (χ2v) is 8.09. The van der Waals surface area contributed by atoms with E-state index in [4.69, 9.17) is 15.3 Å². The van der Waals surface area contributed by atoms with Crippen LogP contribution in [-0.2, 0) is 11.3 Å². The lowest BCUT2D eigenvalue weighted by atomic mass is 10.1. The molecular weight excluding hydrogens is 390 g/mol. The van der Waals surface area contributed by atoms with E-state index >= 15 is 0 Å². The van der Waals surface area contributed by atoms with Gasteiger partial charge in [0, 0.05) is 51.4 Å². The van der Waals surface area contributed by atoms with Crippen LogP contribution in [0.4, 0.5) is 0 Å². The maximum absolute atomic E-state index is 12.3. The number of ether oxygens (including phenoxy) is 1. The van der Waals surface area contributed by atoms with Crippen LogP contribution in [0.15, 0.2) is 48.5 Å². The minimum atomic E-state index is -0.119. The molecule has 0 spiro atoms. The monoisotopic (exact) mass is 415 g/mol. The van der Waals surface area contributed by atoms with E-state index in [-0.39, 0.29) is 18.1 Å². The third kappa shape index (κ3) is 5.48. The van der Waals surface area contributed by atoms with Gasteiger partial charge in [0.05, 0.1) is 35.5 Å². The van der Waals surface area contributed by atoms with Crippen LogP contribution in [0.25, 0.3) is 0 Å². The standard InChI is InChI=1S/C24H25N5O2/c25-11-18-1-3-20(4-2-18)13-29-16-22-14-28(15-23(17-29)31-22)10-9-27-24(30)21-7-5-19(12-26)6-8-21/h1-8,22-23H,9-10,13-17H2,(H,27,30). The second-order valence-electron chi connectivity index (χ2n) is 8.09. The Morgan fingerprint density at radius 1 is 0.903 bits per heavy atom. The van der Waals surface area contributed by atoms with Crippen LogP contribution in [0.2, 0.25) is 0 Å². The van der Waals surface area contributed by atoms with Crippen molar-refractivity contribution in [3.05, 3.63) is 70.8 Å². The van der Waals surface area contributed by atoms with Crippen LogP contribution in [-0.4, -0.2) is 67.2 Å². The van der Waals surface area contributed by atoms with Gasteiger partial charge in [-0.2, -0.15) is 10.5 Å². The van der Waals surface area contributed by atoms with Crippen LogP contribution in [0.1, 0.15) is 27.0 Å². The van der Waals surface area contributed by atoms with E-state index in [1.54, 1.807) is 24.3 Å². The van der Waals surface area contributed by atoms with Gasteiger partial charge < -0.3 is 10.1 Å². The predicted molar refractivity (Wildman–Crippen MR) is 115 cm³/mol. The van der Waals surface area contributed by atoms with Crippen LogP contribution in [0, 0.1) is 22.7 Å². The Bertz CT molecular complexity index is 977. The Morgan fingerprint density at radius 3 is 2.03 bits per heavy atom. The fourth-order valence-corrected chi connectivity index (χ4v) is 4.24. The Kier molecular flexibility index (Phi) is 6.59. The van der Waals surface area contributed by atoms with E-state index < -0.39 is 0 Å². The number of nitrogens with zero attached hydrogens (tertiary/aromatic N) is 4. The van der Waals surface area contributed by atoms with Gasteiger partial charge in [0.15, 0.2) is 0 Å². The highest BCUT2D eigenvalue weighted by atomic mass is 16.5. The number of nitriles is 2. The summed E-state index contributed by atoms with van der Waals surface area (Å²) >= 11 is 0. The van der Waals surface area contributed by atoms with Gasteiger partial charge in [-0.1, -0.05) is 12.1 Å². The minimum absolute atomic E-state index is 0.119. The van der Waals surface area contributed by atoms with E-state index in [2.05, 4.69) is 27.3 Å². The lowest BCUT2D eigenvalue weighted by Crippen LogP contribution is -2.59. The highest BCUT2D eigenvalue weighted by Crippen LogP contribution is 2.20. The molecule has 2 aromatic carbocycles. The summed E-state index contributed by atoms with van der Waals surface area (Å²) in [6.45, 7) is 5.69. The first-order valence-corrected chi connectivity index (χ1v) is 10.5. The molecule has 158 valence electrons. The third-order valence-corrected chi connectivity index (χ3v) is 5.71. The van der Waals surface area contributed by atoms with E-state index in [0.717, 1.165) is 39.3 Å².